The molecule has 0 aliphatic heterocycles. The molecule has 0 saturated heterocycles. The number of hydrogen-bond donors (Lipinski definition) is 0. The van der Waals surface area contributed by atoms with Gasteiger partial charge in [0.05, 0.1) is 14.4 Å². The number of unbranched alkanes of at least 4 members (excludes halogenated alkanes) is 23. The first kappa shape index (κ1) is 54.4. The average Bonchev–Trinajstić information content (AvgIpc) is 3.02. The van der Waals surface area contributed by atoms with Crippen LogP contribution in [-0.4, -0.2) is 42.1 Å². The Morgan fingerprint density at radius 1 is 0.571 bits per heavy atom. The Morgan fingerprint density at radius 2 is 0.939 bits per heavy atom. The summed E-state index contributed by atoms with van der Waals surface area (Å²) in [5.74, 6) is -0.0354. The third kappa shape index (κ3) is 45.2. The monoisotopic (exact) mass is 752 g/mol. The molecule has 13 heteroatoms. The van der Waals surface area contributed by atoms with E-state index in [-0.39, 0.29) is 83.7 Å². The van der Waals surface area contributed by atoms with Gasteiger partial charge in [-0.25, -0.2) is 0 Å². The van der Waals surface area contributed by atoms with E-state index in [1.165, 1.54) is 114 Å². The van der Waals surface area contributed by atoms with E-state index in [1.54, 1.807) is 6.92 Å². The first-order chi connectivity index (χ1) is 22.6. The summed E-state index contributed by atoms with van der Waals surface area (Å²) < 4.78 is 25.7. The first-order valence-corrected chi connectivity index (χ1v) is 21.2. The van der Waals surface area contributed by atoms with Crippen molar-refractivity contribution in [1.29, 1.82) is 0 Å². The van der Waals surface area contributed by atoms with E-state index < -0.39 is 32.5 Å². The molecule has 9 nitrogen and oxygen atoms in total. The van der Waals surface area contributed by atoms with Crippen LogP contribution in [0.15, 0.2) is 0 Å². The summed E-state index contributed by atoms with van der Waals surface area (Å²) >= 11 is 1.42. The van der Waals surface area contributed by atoms with Gasteiger partial charge in [0, 0.05) is 25.5 Å². The Labute approximate surface area is 347 Å². The Kier molecular flexibility index (Phi) is 44.7. The quantitative estimate of drug-likeness (QED) is 0.0411. The number of ether oxygens (including phenoxy) is 2. The second-order valence-electron chi connectivity index (χ2n) is 12.9. The zero-order valence-electron chi connectivity index (χ0n) is 31.8. The molecule has 0 spiro atoms. The van der Waals surface area contributed by atoms with Crippen molar-refractivity contribution in [1.82, 2.24) is 0 Å². The number of thioether (sulfide) groups is 1. The fourth-order valence-electron chi connectivity index (χ4n) is 5.44. The van der Waals surface area contributed by atoms with Crippen LogP contribution in [0, 0.1) is 0 Å². The number of esters is 2. The Morgan fingerprint density at radius 3 is 1.33 bits per heavy atom. The molecule has 278 valence electrons. The van der Waals surface area contributed by atoms with Crippen molar-refractivity contribution in [2.45, 2.75) is 193 Å². The number of hydrogen-bond acceptors (Lipinski definition) is 10. The molecule has 49 heavy (non-hydrogen) atoms. The van der Waals surface area contributed by atoms with E-state index in [1.807, 2.05) is 0 Å². The van der Waals surface area contributed by atoms with Crippen molar-refractivity contribution in [2.24, 2.45) is 0 Å². The van der Waals surface area contributed by atoms with Crippen LogP contribution in [0.5, 0.6) is 0 Å². The summed E-state index contributed by atoms with van der Waals surface area (Å²) in [5, 5.41) is 0.202. The van der Waals surface area contributed by atoms with Crippen molar-refractivity contribution in [3.63, 3.8) is 0 Å². The van der Waals surface area contributed by atoms with Gasteiger partial charge in [0.25, 0.3) is 0 Å². The van der Waals surface area contributed by atoms with Crippen LogP contribution >= 0.6 is 19.6 Å². The predicted octanol–water partition coefficient (Wildman–Crippen LogP) is 3.13. The van der Waals surface area contributed by atoms with Gasteiger partial charge < -0.3 is 28.3 Å². The van der Waals surface area contributed by atoms with Crippen molar-refractivity contribution < 1.29 is 102 Å². The van der Waals surface area contributed by atoms with Crippen LogP contribution in [0.3, 0.4) is 0 Å². The van der Waals surface area contributed by atoms with Crippen molar-refractivity contribution in [2.75, 3.05) is 19.0 Å². The Hall–Kier alpha value is 1.07. The topological polar surface area (TPSA) is 142 Å². The van der Waals surface area contributed by atoms with Gasteiger partial charge in [-0.2, -0.15) is 0 Å². The average molecular weight is 753 g/mol. The minimum atomic E-state index is -5.25. The van der Waals surface area contributed by atoms with Crippen LogP contribution in [0.4, 0.5) is 0 Å². The maximum absolute atomic E-state index is 12.3. The van der Waals surface area contributed by atoms with E-state index in [0.717, 1.165) is 50.7 Å². The third-order valence-electron chi connectivity index (χ3n) is 8.21. The molecule has 0 aromatic carbocycles. The summed E-state index contributed by atoms with van der Waals surface area (Å²) in [6.07, 6.45) is 28.3. The zero-order valence-corrected chi connectivity index (χ0v) is 37.5. The van der Waals surface area contributed by atoms with E-state index in [2.05, 4.69) is 11.4 Å². The summed E-state index contributed by atoms with van der Waals surface area (Å²) in [6, 6.07) is 0. The minimum absolute atomic E-state index is 0. The van der Waals surface area contributed by atoms with E-state index >= 15 is 0 Å². The summed E-state index contributed by atoms with van der Waals surface area (Å²) in [7, 11) is -5.25. The molecular formula is C36H67Na2O9PS. The molecule has 0 saturated carbocycles. The first-order valence-electron chi connectivity index (χ1n) is 18.8. The van der Waals surface area contributed by atoms with Crippen LogP contribution in [0.2, 0.25) is 0 Å². The van der Waals surface area contributed by atoms with Gasteiger partial charge >= 0.3 is 71.1 Å². The summed E-state index contributed by atoms with van der Waals surface area (Å²) in [6.45, 7) is 2.84. The molecule has 0 bridgehead atoms. The fraction of sp³-hybridized carbons (Fsp3) is 0.917. The van der Waals surface area contributed by atoms with Crippen molar-refractivity contribution in [3.05, 3.63) is 0 Å². The van der Waals surface area contributed by atoms with Gasteiger partial charge in [-0.3, -0.25) is 14.4 Å². The molecule has 0 rings (SSSR count). The molecule has 0 radical (unpaired) electrons. The van der Waals surface area contributed by atoms with Crippen molar-refractivity contribution in [3.8, 4) is 0 Å². The maximum Gasteiger partial charge on any atom is 1.00 e. The molecule has 0 aliphatic carbocycles. The molecule has 0 fully saturated rings. The van der Waals surface area contributed by atoms with Gasteiger partial charge in [-0.15, -0.1) is 0 Å². The molecule has 0 aliphatic rings. The second-order valence-corrected chi connectivity index (χ2v) is 15.3. The molecular weight excluding hydrogens is 685 g/mol. The molecule has 0 aromatic heterocycles. The molecule has 1 atom stereocenters. The number of carbonyl (C=O) groups is 3. The maximum atomic E-state index is 12.3. The Balaban J connectivity index is -0.0000106. The summed E-state index contributed by atoms with van der Waals surface area (Å²) in [4.78, 5) is 57.3. The molecule has 0 heterocycles. The minimum Gasteiger partial charge on any atom is -0.790 e. The largest absolute Gasteiger partial charge is 1.00 e. The van der Waals surface area contributed by atoms with Crippen LogP contribution in [0.1, 0.15) is 187 Å². The molecule has 0 N–H and O–H groups in total. The van der Waals surface area contributed by atoms with Crippen LogP contribution in [-0.2, 0) is 32.9 Å². The number of phosphoric ester groups is 1. The molecule has 0 amide bonds. The van der Waals surface area contributed by atoms with Crippen LogP contribution in [0.25, 0.3) is 0 Å². The standard InChI is InChI=1S/C36H69O9PS.2Na/c1-3-4-5-6-7-8-9-10-14-17-20-23-26-29-36(39)45-34(32-44-46(40,41)42)31-43-35(38)28-25-22-19-16-13-11-12-15-18-21-24-27-30-47-33(2)37;;/h34H,3-32H2,1-2H3,(H2,40,41,42);;/q;2*+1/p-2/t34-;;/m1../s1. The van der Waals surface area contributed by atoms with Gasteiger partial charge in [0.15, 0.2) is 11.2 Å². The van der Waals surface area contributed by atoms with Gasteiger partial charge in [-0.05, 0) is 19.3 Å². The normalized spacial score (nSPS) is 11.8. The molecule has 0 unspecified atom stereocenters. The predicted molar refractivity (Wildman–Crippen MR) is 188 cm³/mol. The Bertz CT molecular complexity index is 817. The van der Waals surface area contributed by atoms with E-state index in [4.69, 9.17) is 9.47 Å². The van der Waals surface area contributed by atoms with Crippen LogP contribution < -0.4 is 68.9 Å². The number of carbonyl (C=O) groups excluding carboxylic acids is 3. The van der Waals surface area contributed by atoms with Gasteiger partial charge in [0.1, 0.15) is 6.61 Å². The third-order valence-corrected chi connectivity index (χ3v) is 9.58. The van der Waals surface area contributed by atoms with Gasteiger partial charge in [0.2, 0.25) is 0 Å². The fourth-order valence-corrected chi connectivity index (χ4v) is 6.42. The van der Waals surface area contributed by atoms with Gasteiger partial charge in [-0.1, -0.05) is 160 Å². The van der Waals surface area contributed by atoms with E-state index in [9.17, 15) is 28.7 Å². The number of rotatable bonds is 35. The number of phosphoric acid groups is 1. The van der Waals surface area contributed by atoms with E-state index in [0.29, 0.717) is 12.8 Å². The smallest absolute Gasteiger partial charge is 0.790 e. The van der Waals surface area contributed by atoms with Crippen molar-refractivity contribution >= 4 is 36.6 Å². The SMILES string of the molecule is CCCCCCCCCCCCCCCC(=O)O[C@H](COC(=O)CCCCCCCCCCCCCCSC(C)=O)COP(=O)([O-])[O-].[Na+].[Na+]. The molecule has 0 aromatic rings. The zero-order chi connectivity index (χ0) is 34.9. The second kappa shape index (κ2) is 40.3. The summed E-state index contributed by atoms with van der Waals surface area (Å²) in [5.41, 5.74) is 0.